The normalized spacial score (nSPS) is 11.8. The number of aryl methyl sites for hydroxylation is 1. The second-order valence-electron chi connectivity index (χ2n) is 6.11. The molecular formula is C17H27FIN7O2S. The zero-order valence-corrected chi connectivity index (χ0v) is 19.6. The molecule has 0 aliphatic carbocycles. The summed E-state index contributed by atoms with van der Waals surface area (Å²) in [6.07, 6.45) is 3.58. The Morgan fingerprint density at radius 2 is 1.86 bits per heavy atom. The molecule has 3 N–H and O–H groups in total. The predicted octanol–water partition coefficient (Wildman–Crippen LogP) is 0.882. The van der Waals surface area contributed by atoms with Gasteiger partial charge < -0.3 is 15.2 Å². The van der Waals surface area contributed by atoms with Gasteiger partial charge in [-0.3, -0.25) is 0 Å². The summed E-state index contributed by atoms with van der Waals surface area (Å²) in [5, 5.41) is 14.2. The lowest BCUT2D eigenvalue weighted by Crippen LogP contribution is -2.42. The first kappa shape index (κ1) is 25.2. The lowest BCUT2D eigenvalue weighted by atomic mass is 10.2. The molecule has 2 aromatic rings. The van der Waals surface area contributed by atoms with Crippen molar-refractivity contribution >= 4 is 40.0 Å². The summed E-state index contributed by atoms with van der Waals surface area (Å²) >= 11 is 0. The van der Waals surface area contributed by atoms with Crippen LogP contribution in [0.25, 0.3) is 0 Å². The molecule has 9 nitrogen and oxygen atoms in total. The highest BCUT2D eigenvalue weighted by atomic mass is 127. The number of sulfonamides is 1. The zero-order valence-electron chi connectivity index (χ0n) is 16.4. The van der Waals surface area contributed by atoms with Gasteiger partial charge in [0.2, 0.25) is 10.0 Å². The number of benzene rings is 1. The fraction of sp³-hybridized carbons (Fsp3) is 0.471. The van der Waals surface area contributed by atoms with Crippen LogP contribution in [0.4, 0.5) is 4.39 Å². The maximum absolute atomic E-state index is 13.0. The van der Waals surface area contributed by atoms with Crippen LogP contribution in [-0.4, -0.2) is 55.0 Å². The van der Waals surface area contributed by atoms with E-state index in [2.05, 4.69) is 30.5 Å². The van der Waals surface area contributed by atoms with Gasteiger partial charge in [0.05, 0.1) is 12.8 Å². The molecule has 0 unspecified atom stereocenters. The summed E-state index contributed by atoms with van der Waals surface area (Å²) in [4.78, 5) is 4.47. The molecule has 12 heteroatoms. The molecule has 0 fully saturated rings. The molecule has 0 atom stereocenters. The molecule has 1 aromatic heterocycles. The molecule has 29 heavy (non-hydrogen) atoms. The highest BCUT2D eigenvalue weighted by Crippen LogP contribution is 2.03. The molecule has 0 aliphatic heterocycles. The van der Waals surface area contributed by atoms with Crippen molar-refractivity contribution in [3.05, 3.63) is 47.8 Å². The number of nitrogens with one attached hydrogen (secondary N) is 3. The van der Waals surface area contributed by atoms with E-state index in [9.17, 15) is 12.8 Å². The van der Waals surface area contributed by atoms with Crippen molar-refractivity contribution < 1.29 is 12.8 Å². The quantitative estimate of drug-likeness (QED) is 0.179. The van der Waals surface area contributed by atoms with Crippen LogP contribution < -0.4 is 15.4 Å². The highest BCUT2D eigenvalue weighted by Gasteiger charge is 2.04. The molecular weight excluding hydrogens is 512 g/mol. The van der Waals surface area contributed by atoms with Gasteiger partial charge in [-0.25, -0.2) is 22.5 Å². The molecule has 2 rings (SSSR count). The van der Waals surface area contributed by atoms with Crippen molar-refractivity contribution in [3.8, 4) is 0 Å². The number of guanidine groups is 1. The van der Waals surface area contributed by atoms with E-state index in [1.807, 2.05) is 11.5 Å². The SMILES string of the molecule is CCc1nncn1CCNC(=NCc1ccc(F)cc1)NCCNS(C)(=O)=O.I. The number of aliphatic imine (C=N–C) groups is 1. The summed E-state index contributed by atoms with van der Waals surface area (Å²) in [6.45, 7) is 4.23. The van der Waals surface area contributed by atoms with Crippen molar-refractivity contribution in [2.24, 2.45) is 4.99 Å². The maximum atomic E-state index is 13.0. The predicted molar refractivity (Wildman–Crippen MR) is 121 cm³/mol. The lowest BCUT2D eigenvalue weighted by molar-refractivity contribution is 0.586. The molecule has 0 saturated carbocycles. The largest absolute Gasteiger partial charge is 0.355 e. The molecule has 1 heterocycles. The summed E-state index contributed by atoms with van der Waals surface area (Å²) < 4.78 is 39.7. The molecule has 0 aliphatic rings. The van der Waals surface area contributed by atoms with Crippen molar-refractivity contribution in [2.75, 3.05) is 25.9 Å². The van der Waals surface area contributed by atoms with Gasteiger partial charge in [0.15, 0.2) is 5.96 Å². The molecule has 0 spiro atoms. The minimum atomic E-state index is -3.24. The number of nitrogens with zero attached hydrogens (tertiary/aromatic N) is 4. The van der Waals surface area contributed by atoms with Gasteiger partial charge in [-0.15, -0.1) is 34.2 Å². The second-order valence-corrected chi connectivity index (χ2v) is 7.94. The molecule has 0 radical (unpaired) electrons. The highest BCUT2D eigenvalue weighted by molar-refractivity contribution is 14.0. The summed E-state index contributed by atoms with van der Waals surface area (Å²) in [6, 6.07) is 6.12. The van der Waals surface area contributed by atoms with E-state index in [0.717, 1.165) is 24.1 Å². The summed E-state index contributed by atoms with van der Waals surface area (Å²) in [5.74, 6) is 1.14. The van der Waals surface area contributed by atoms with Crippen molar-refractivity contribution in [2.45, 2.75) is 26.4 Å². The van der Waals surface area contributed by atoms with Crippen molar-refractivity contribution in [1.29, 1.82) is 0 Å². The minimum Gasteiger partial charge on any atom is -0.355 e. The summed E-state index contributed by atoms with van der Waals surface area (Å²) in [7, 11) is -3.24. The van der Waals surface area contributed by atoms with E-state index in [4.69, 9.17) is 0 Å². The van der Waals surface area contributed by atoms with Crippen molar-refractivity contribution in [1.82, 2.24) is 30.1 Å². The van der Waals surface area contributed by atoms with Gasteiger partial charge >= 0.3 is 0 Å². The number of hydrogen-bond acceptors (Lipinski definition) is 5. The van der Waals surface area contributed by atoms with Crippen LogP contribution in [0.5, 0.6) is 0 Å². The Labute approximate surface area is 187 Å². The third-order valence-electron chi connectivity index (χ3n) is 3.77. The molecule has 0 saturated heterocycles. The number of rotatable bonds is 10. The van der Waals surface area contributed by atoms with E-state index in [0.29, 0.717) is 32.1 Å². The van der Waals surface area contributed by atoms with Crippen LogP contribution in [0, 0.1) is 5.82 Å². The number of halogens is 2. The van der Waals surface area contributed by atoms with Crippen LogP contribution in [-0.2, 0) is 29.5 Å². The van der Waals surface area contributed by atoms with E-state index in [-0.39, 0.29) is 36.3 Å². The Hall–Kier alpha value is -1.80. The topological polar surface area (TPSA) is 113 Å². The van der Waals surface area contributed by atoms with Crippen LogP contribution >= 0.6 is 24.0 Å². The second kappa shape index (κ2) is 12.7. The molecule has 1 aromatic carbocycles. The lowest BCUT2D eigenvalue weighted by Gasteiger charge is -2.13. The van der Waals surface area contributed by atoms with Crippen LogP contribution in [0.3, 0.4) is 0 Å². The maximum Gasteiger partial charge on any atom is 0.208 e. The Morgan fingerprint density at radius 1 is 1.17 bits per heavy atom. The van der Waals surface area contributed by atoms with Gasteiger partial charge in [0.25, 0.3) is 0 Å². The van der Waals surface area contributed by atoms with E-state index >= 15 is 0 Å². The fourth-order valence-corrected chi connectivity index (χ4v) is 2.86. The minimum absolute atomic E-state index is 0. The average Bonchev–Trinajstić information content (AvgIpc) is 3.10. The zero-order chi connectivity index (χ0) is 20.4. The first-order valence-corrected chi connectivity index (χ1v) is 10.8. The van der Waals surface area contributed by atoms with Crippen molar-refractivity contribution in [3.63, 3.8) is 0 Å². The van der Waals surface area contributed by atoms with E-state index in [1.54, 1.807) is 18.5 Å². The smallest absolute Gasteiger partial charge is 0.208 e. The third kappa shape index (κ3) is 9.99. The van der Waals surface area contributed by atoms with Crippen LogP contribution in [0.1, 0.15) is 18.3 Å². The standard InChI is InChI=1S/C17H26FN7O2S.HI/c1-3-16-24-22-13-25(16)11-10-20-17(19-8-9-23-28(2,26)27)21-12-14-4-6-15(18)7-5-14;/h4-7,13,23H,3,8-12H2,1-2H3,(H2,19,20,21);1H. The van der Waals surface area contributed by atoms with Gasteiger partial charge in [-0.2, -0.15) is 0 Å². The van der Waals surface area contributed by atoms with Crippen LogP contribution in [0.2, 0.25) is 0 Å². The van der Waals surface area contributed by atoms with Gasteiger partial charge in [-0.1, -0.05) is 19.1 Å². The van der Waals surface area contributed by atoms with E-state index < -0.39 is 10.0 Å². The first-order chi connectivity index (χ1) is 13.4. The summed E-state index contributed by atoms with van der Waals surface area (Å²) in [5.41, 5.74) is 0.865. The Morgan fingerprint density at radius 3 is 2.52 bits per heavy atom. The Balaban J connectivity index is 0.00000420. The third-order valence-corrected chi connectivity index (χ3v) is 4.50. The monoisotopic (exact) mass is 539 g/mol. The number of hydrogen-bond donors (Lipinski definition) is 3. The van der Waals surface area contributed by atoms with Gasteiger partial charge in [-0.05, 0) is 17.7 Å². The molecule has 0 amide bonds. The van der Waals surface area contributed by atoms with Gasteiger partial charge in [0.1, 0.15) is 18.0 Å². The molecule has 0 bridgehead atoms. The average molecular weight is 539 g/mol. The van der Waals surface area contributed by atoms with E-state index in [1.165, 1.54) is 12.1 Å². The Bertz CT molecular complexity index is 872. The number of aromatic nitrogens is 3. The van der Waals surface area contributed by atoms with Gasteiger partial charge in [0, 0.05) is 32.6 Å². The first-order valence-electron chi connectivity index (χ1n) is 8.95. The van der Waals surface area contributed by atoms with Crippen LogP contribution in [0.15, 0.2) is 35.6 Å². The Kier molecular flexibility index (Phi) is 11.0. The fourth-order valence-electron chi connectivity index (χ4n) is 2.39. The molecule has 162 valence electrons.